The summed E-state index contributed by atoms with van der Waals surface area (Å²) in [4.78, 5) is 34.3. The summed E-state index contributed by atoms with van der Waals surface area (Å²) < 4.78 is 19.0. The number of rotatable bonds is 9. The highest BCUT2D eigenvalue weighted by molar-refractivity contribution is 7.07. The van der Waals surface area contributed by atoms with Gasteiger partial charge in [-0.2, -0.15) is 0 Å². The van der Waals surface area contributed by atoms with Crippen LogP contribution in [0.3, 0.4) is 0 Å². The van der Waals surface area contributed by atoms with Gasteiger partial charge in [-0.3, -0.25) is 9.36 Å². The van der Waals surface area contributed by atoms with Crippen molar-refractivity contribution in [1.29, 1.82) is 0 Å². The van der Waals surface area contributed by atoms with Gasteiger partial charge in [0.25, 0.3) is 5.56 Å². The summed E-state index contributed by atoms with van der Waals surface area (Å²) in [5.41, 5.74) is 4.03. The van der Waals surface area contributed by atoms with Crippen LogP contribution >= 0.6 is 22.9 Å². The lowest BCUT2D eigenvalue weighted by atomic mass is 9.95. The highest BCUT2D eigenvalue weighted by Crippen LogP contribution is 2.32. The van der Waals surface area contributed by atoms with Gasteiger partial charge < -0.3 is 19.1 Å². The Kier molecular flexibility index (Phi) is 9.03. The molecule has 2 heterocycles. The molecule has 0 aliphatic carbocycles. The van der Waals surface area contributed by atoms with E-state index in [4.69, 9.17) is 25.8 Å². The van der Waals surface area contributed by atoms with Crippen molar-refractivity contribution in [2.45, 2.75) is 26.5 Å². The molecule has 1 aromatic heterocycles. The molecule has 5 rings (SSSR count). The summed E-state index contributed by atoms with van der Waals surface area (Å²) in [7, 11) is 5.52. The molecule has 3 aromatic carbocycles. The molecule has 1 unspecified atom stereocenters. The fourth-order valence-corrected chi connectivity index (χ4v) is 6.16. The number of fused-ring (bicyclic) bond motifs is 1. The van der Waals surface area contributed by atoms with Crippen molar-refractivity contribution in [2.75, 3.05) is 32.7 Å². The number of thiazole rings is 1. The lowest BCUT2D eigenvalue weighted by Gasteiger charge is -2.25. The van der Waals surface area contributed by atoms with Gasteiger partial charge in [0, 0.05) is 30.4 Å². The average molecular weight is 618 g/mol. The SMILES string of the molecule is CCOC(=O)C1=C(C)N=c2s/c(=C/c3ccc(OC)c(COc4cccc(Cl)c4)c3)c(=O)n2C1c1ccc(N(C)C)cc1. The van der Waals surface area contributed by atoms with Crippen LogP contribution in [0.2, 0.25) is 5.02 Å². The first-order valence-corrected chi connectivity index (χ1v) is 14.9. The van der Waals surface area contributed by atoms with Gasteiger partial charge in [-0.15, -0.1) is 0 Å². The normalized spacial score (nSPS) is 14.7. The quantitative estimate of drug-likeness (QED) is 0.243. The van der Waals surface area contributed by atoms with E-state index in [1.807, 2.05) is 79.7 Å². The Hall–Kier alpha value is -4.34. The molecular weight excluding hydrogens is 586 g/mol. The van der Waals surface area contributed by atoms with Crippen molar-refractivity contribution in [3.05, 3.63) is 119 Å². The molecule has 0 saturated carbocycles. The molecular formula is C33H32ClN3O5S. The van der Waals surface area contributed by atoms with Gasteiger partial charge >= 0.3 is 5.97 Å². The third-order valence-corrected chi connectivity index (χ3v) is 8.25. The second-order valence-corrected chi connectivity index (χ2v) is 11.6. The van der Waals surface area contributed by atoms with Gasteiger partial charge in [-0.05, 0) is 73.5 Å². The Morgan fingerprint density at radius 2 is 1.88 bits per heavy atom. The van der Waals surface area contributed by atoms with Crippen LogP contribution in [0, 0.1) is 0 Å². The first-order valence-electron chi connectivity index (χ1n) is 13.7. The number of allylic oxidation sites excluding steroid dienone is 1. The summed E-state index contributed by atoms with van der Waals surface area (Å²) >= 11 is 7.38. The second-order valence-electron chi connectivity index (χ2n) is 10.1. The number of methoxy groups -OCH3 is 1. The number of anilines is 1. The summed E-state index contributed by atoms with van der Waals surface area (Å²) in [6, 6.07) is 20.0. The monoisotopic (exact) mass is 617 g/mol. The molecule has 222 valence electrons. The van der Waals surface area contributed by atoms with E-state index in [1.54, 1.807) is 37.7 Å². The van der Waals surface area contributed by atoms with E-state index in [0.717, 1.165) is 22.4 Å². The predicted molar refractivity (Wildman–Crippen MR) is 170 cm³/mol. The Labute approximate surface area is 258 Å². The largest absolute Gasteiger partial charge is 0.496 e. The van der Waals surface area contributed by atoms with Gasteiger partial charge in [0.1, 0.15) is 18.1 Å². The molecule has 0 bridgehead atoms. The third kappa shape index (κ3) is 6.38. The topological polar surface area (TPSA) is 82.4 Å². The summed E-state index contributed by atoms with van der Waals surface area (Å²) in [5, 5.41) is 0.585. The number of aromatic nitrogens is 1. The van der Waals surface area contributed by atoms with Crippen molar-refractivity contribution >= 4 is 40.7 Å². The molecule has 1 aliphatic heterocycles. The Morgan fingerprint density at radius 1 is 1.12 bits per heavy atom. The summed E-state index contributed by atoms with van der Waals surface area (Å²) in [6.45, 7) is 4.00. The lowest BCUT2D eigenvalue weighted by Crippen LogP contribution is -2.39. The number of hydrogen-bond donors (Lipinski definition) is 0. The Balaban J connectivity index is 1.58. The molecule has 10 heteroatoms. The molecule has 0 fully saturated rings. The Bertz CT molecular complexity index is 1880. The molecule has 1 atom stereocenters. The maximum atomic E-state index is 14.0. The molecule has 1 aliphatic rings. The van der Waals surface area contributed by atoms with E-state index in [0.29, 0.717) is 37.1 Å². The number of benzene rings is 3. The first kappa shape index (κ1) is 30.1. The summed E-state index contributed by atoms with van der Waals surface area (Å²) in [6.07, 6.45) is 1.82. The Morgan fingerprint density at radius 3 is 2.56 bits per heavy atom. The molecule has 0 amide bonds. The van der Waals surface area contributed by atoms with E-state index >= 15 is 0 Å². The van der Waals surface area contributed by atoms with Gasteiger partial charge in [0.05, 0.1) is 35.6 Å². The maximum absolute atomic E-state index is 14.0. The number of nitrogens with zero attached hydrogens (tertiary/aromatic N) is 3. The smallest absolute Gasteiger partial charge is 0.338 e. The van der Waals surface area contributed by atoms with E-state index in [9.17, 15) is 9.59 Å². The molecule has 0 N–H and O–H groups in total. The van der Waals surface area contributed by atoms with E-state index in [-0.39, 0.29) is 18.8 Å². The van der Waals surface area contributed by atoms with Crippen LogP contribution in [0.25, 0.3) is 6.08 Å². The van der Waals surface area contributed by atoms with Crippen LogP contribution in [0.15, 0.2) is 87.8 Å². The van der Waals surface area contributed by atoms with Crippen LogP contribution in [0.5, 0.6) is 11.5 Å². The molecule has 8 nitrogen and oxygen atoms in total. The third-order valence-electron chi connectivity index (χ3n) is 7.03. The minimum atomic E-state index is -0.675. The number of ether oxygens (including phenoxy) is 3. The second kappa shape index (κ2) is 12.9. The van der Waals surface area contributed by atoms with E-state index in [1.165, 1.54) is 11.3 Å². The van der Waals surface area contributed by atoms with Crippen molar-refractivity contribution in [2.24, 2.45) is 4.99 Å². The minimum absolute atomic E-state index is 0.215. The van der Waals surface area contributed by atoms with Crippen molar-refractivity contribution in [3.8, 4) is 11.5 Å². The number of hydrogen-bond acceptors (Lipinski definition) is 8. The van der Waals surface area contributed by atoms with Crippen molar-refractivity contribution < 1.29 is 19.0 Å². The molecule has 0 saturated heterocycles. The van der Waals surface area contributed by atoms with Crippen LogP contribution in [-0.2, 0) is 16.1 Å². The van der Waals surface area contributed by atoms with Gasteiger partial charge in [0.2, 0.25) is 0 Å². The molecule has 0 spiro atoms. The zero-order valence-corrected chi connectivity index (χ0v) is 26.2. The van der Waals surface area contributed by atoms with Crippen molar-refractivity contribution in [1.82, 2.24) is 4.57 Å². The fourth-order valence-electron chi connectivity index (χ4n) is 4.93. The average Bonchev–Trinajstić information content (AvgIpc) is 3.29. The molecule has 43 heavy (non-hydrogen) atoms. The van der Waals surface area contributed by atoms with E-state index < -0.39 is 12.0 Å². The number of carbonyl (C=O) groups is 1. The van der Waals surface area contributed by atoms with Crippen LogP contribution < -0.4 is 29.3 Å². The first-order chi connectivity index (χ1) is 20.7. The number of halogens is 1. The van der Waals surface area contributed by atoms with Crippen LogP contribution in [0.1, 0.15) is 36.6 Å². The number of carbonyl (C=O) groups excluding carboxylic acids is 1. The zero-order chi connectivity index (χ0) is 30.7. The van der Waals surface area contributed by atoms with Crippen LogP contribution in [-0.4, -0.2) is 38.3 Å². The predicted octanol–water partition coefficient (Wildman–Crippen LogP) is 5.11. The summed E-state index contributed by atoms with van der Waals surface area (Å²) in [5.74, 6) is 0.815. The highest BCUT2D eigenvalue weighted by atomic mass is 35.5. The standard InChI is InChI=1S/C33H32ClN3O5S/c1-6-41-32(39)29-20(2)35-33-37(30(29)22-11-13-25(14-12-22)36(3)4)31(38)28(43-33)17-21-10-15-27(40-5)23(16-21)19-42-26-9-7-8-24(34)18-26/h7-18,30H,6,19H2,1-5H3/b28-17+. The highest BCUT2D eigenvalue weighted by Gasteiger charge is 2.33. The lowest BCUT2D eigenvalue weighted by molar-refractivity contribution is -0.139. The van der Waals surface area contributed by atoms with Gasteiger partial charge in [-0.1, -0.05) is 47.2 Å². The fraction of sp³-hybridized carbons (Fsp3) is 0.242. The van der Waals surface area contributed by atoms with Crippen molar-refractivity contribution in [3.63, 3.8) is 0 Å². The number of esters is 1. The maximum Gasteiger partial charge on any atom is 0.338 e. The molecule has 4 aromatic rings. The van der Waals surface area contributed by atoms with E-state index in [2.05, 4.69) is 4.99 Å². The zero-order valence-electron chi connectivity index (χ0n) is 24.6. The van der Waals surface area contributed by atoms with Gasteiger partial charge in [0.15, 0.2) is 4.80 Å². The minimum Gasteiger partial charge on any atom is -0.496 e. The van der Waals surface area contributed by atoms with Gasteiger partial charge in [-0.25, -0.2) is 9.79 Å². The molecule has 0 radical (unpaired) electrons. The van der Waals surface area contributed by atoms with Crippen LogP contribution in [0.4, 0.5) is 5.69 Å².